The molecule has 0 amide bonds. The van der Waals surface area contributed by atoms with Gasteiger partial charge in [0.05, 0.1) is 0 Å². The summed E-state index contributed by atoms with van der Waals surface area (Å²) in [4.78, 5) is 0. The van der Waals surface area contributed by atoms with Crippen molar-refractivity contribution in [1.82, 2.24) is 0 Å². The quantitative estimate of drug-likeness (QED) is 0.423. The fourth-order valence-electron chi connectivity index (χ4n) is 5.60. The van der Waals surface area contributed by atoms with Crippen molar-refractivity contribution in [3.05, 3.63) is 67.6 Å². The lowest BCUT2D eigenvalue weighted by Gasteiger charge is -2.39. The van der Waals surface area contributed by atoms with Crippen LogP contribution in [0.1, 0.15) is 86.5 Å². The Labute approximate surface area is 168 Å². The zero-order valence-electron chi connectivity index (χ0n) is 15.4. The van der Waals surface area contributed by atoms with Crippen molar-refractivity contribution in [2.24, 2.45) is 5.41 Å². The standard InChI is InChI=1S/C23H26Br2/c1-13-11-17(15-7-5-9-19(24)21(13)15)23(3,4)18-12-14(2)22-16(18)8-6-10-20(22)25/h5-10,13-14,17-18H,11-12H2,1-4H3. The van der Waals surface area contributed by atoms with Crippen LogP contribution in [0.15, 0.2) is 45.3 Å². The van der Waals surface area contributed by atoms with Gasteiger partial charge in [-0.1, -0.05) is 83.8 Å². The van der Waals surface area contributed by atoms with Crippen LogP contribution >= 0.6 is 31.9 Å². The third-order valence-corrected chi connectivity index (χ3v) is 8.27. The Balaban J connectivity index is 1.79. The maximum absolute atomic E-state index is 3.80. The number of hydrogen-bond acceptors (Lipinski definition) is 0. The molecule has 0 bridgehead atoms. The summed E-state index contributed by atoms with van der Waals surface area (Å²) >= 11 is 7.61. The van der Waals surface area contributed by atoms with Crippen LogP contribution in [-0.4, -0.2) is 0 Å². The summed E-state index contributed by atoms with van der Waals surface area (Å²) in [5, 5.41) is 0. The molecule has 2 aliphatic rings. The van der Waals surface area contributed by atoms with Gasteiger partial charge in [-0.2, -0.15) is 0 Å². The third kappa shape index (κ3) is 2.67. The summed E-state index contributed by atoms with van der Waals surface area (Å²) in [5.41, 5.74) is 6.48. The number of hydrogen-bond donors (Lipinski definition) is 0. The van der Waals surface area contributed by atoms with Crippen LogP contribution in [0.3, 0.4) is 0 Å². The van der Waals surface area contributed by atoms with Crippen LogP contribution in [0.5, 0.6) is 0 Å². The van der Waals surface area contributed by atoms with Gasteiger partial charge in [0, 0.05) is 8.95 Å². The highest BCUT2D eigenvalue weighted by Crippen LogP contribution is 2.61. The van der Waals surface area contributed by atoms with Crippen LogP contribution in [0.4, 0.5) is 0 Å². The van der Waals surface area contributed by atoms with E-state index in [-0.39, 0.29) is 5.41 Å². The fraction of sp³-hybridized carbons (Fsp3) is 0.478. The molecule has 0 saturated heterocycles. The van der Waals surface area contributed by atoms with E-state index < -0.39 is 0 Å². The zero-order valence-corrected chi connectivity index (χ0v) is 18.6. The summed E-state index contributed by atoms with van der Waals surface area (Å²) in [6.07, 6.45) is 2.53. The van der Waals surface area contributed by atoms with Crippen molar-refractivity contribution < 1.29 is 0 Å². The number of halogens is 2. The Hall–Kier alpha value is -0.600. The lowest BCUT2D eigenvalue weighted by molar-refractivity contribution is 0.212. The van der Waals surface area contributed by atoms with Crippen molar-refractivity contribution >= 4 is 31.9 Å². The highest BCUT2D eigenvalue weighted by Gasteiger charge is 2.47. The predicted molar refractivity (Wildman–Crippen MR) is 114 cm³/mol. The Bertz CT molecular complexity index is 753. The first kappa shape index (κ1) is 17.8. The maximum atomic E-state index is 3.80. The Morgan fingerprint density at radius 1 is 0.760 bits per heavy atom. The third-order valence-electron chi connectivity index (χ3n) is 6.88. The molecule has 0 nitrogen and oxygen atoms in total. The smallest absolute Gasteiger partial charge is 0.0212 e. The van der Waals surface area contributed by atoms with E-state index in [4.69, 9.17) is 0 Å². The van der Waals surface area contributed by atoms with Crippen molar-refractivity contribution in [2.45, 2.75) is 64.2 Å². The second kappa shape index (κ2) is 6.23. The molecule has 0 radical (unpaired) electrons. The van der Waals surface area contributed by atoms with Crippen molar-refractivity contribution in [2.75, 3.05) is 0 Å². The van der Waals surface area contributed by atoms with Crippen molar-refractivity contribution in [3.8, 4) is 0 Å². The molecule has 0 fully saturated rings. The van der Waals surface area contributed by atoms with E-state index in [0.717, 1.165) is 0 Å². The average molecular weight is 462 g/mol. The first-order chi connectivity index (χ1) is 11.8. The largest absolute Gasteiger partial charge is 0.0608 e. The molecular weight excluding hydrogens is 436 g/mol. The van der Waals surface area contributed by atoms with E-state index in [0.29, 0.717) is 23.7 Å². The molecule has 0 heterocycles. The lowest BCUT2D eigenvalue weighted by atomic mass is 9.65. The highest BCUT2D eigenvalue weighted by molar-refractivity contribution is 9.10. The summed E-state index contributed by atoms with van der Waals surface area (Å²) in [5.74, 6) is 2.51. The molecule has 25 heavy (non-hydrogen) atoms. The van der Waals surface area contributed by atoms with E-state index in [1.807, 2.05) is 0 Å². The van der Waals surface area contributed by atoms with Gasteiger partial charge in [-0.25, -0.2) is 0 Å². The van der Waals surface area contributed by atoms with Gasteiger partial charge in [0.2, 0.25) is 0 Å². The monoisotopic (exact) mass is 460 g/mol. The van der Waals surface area contributed by atoms with Crippen LogP contribution in [0.25, 0.3) is 0 Å². The summed E-state index contributed by atoms with van der Waals surface area (Å²) in [6.45, 7) is 9.80. The van der Waals surface area contributed by atoms with E-state index in [9.17, 15) is 0 Å². The zero-order chi connectivity index (χ0) is 17.9. The minimum atomic E-state index is 0.251. The van der Waals surface area contributed by atoms with Crippen LogP contribution in [-0.2, 0) is 0 Å². The average Bonchev–Trinajstić information content (AvgIpc) is 3.08. The molecule has 2 aliphatic carbocycles. The maximum Gasteiger partial charge on any atom is 0.0212 e. The predicted octanol–water partition coefficient (Wildman–Crippen LogP) is 8.12. The van der Waals surface area contributed by atoms with E-state index in [1.165, 1.54) is 21.8 Å². The van der Waals surface area contributed by atoms with Gasteiger partial charge in [0.25, 0.3) is 0 Å². The molecule has 2 aromatic carbocycles. The number of rotatable bonds is 2. The molecule has 0 aliphatic heterocycles. The molecule has 2 heteroatoms. The Kier molecular flexibility index (Phi) is 4.44. The SMILES string of the molecule is CC1CC(C(C)(C)C2CC(C)c3c(Br)cccc32)c2cccc(Br)c21. The lowest BCUT2D eigenvalue weighted by Crippen LogP contribution is -2.27. The van der Waals surface area contributed by atoms with E-state index >= 15 is 0 Å². The first-order valence-corrected chi connectivity index (χ1v) is 11.0. The molecule has 4 atom stereocenters. The Morgan fingerprint density at radius 2 is 1.16 bits per heavy atom. The van der Waals surface area contributed by atoms with Gasteiger partial charge in [0.1, 0.15) is 0 Å². The molecule has 132 valence electrons. The van der Waals surface area contributed by atoms with E-state index in [2.05, 4.69) is 96.0 Å². The van der Waals surface area contributed by atoms with Crippen molar-refractivity contribution in [3.63, 3.8) is 0 Å². The van der Waals surface area contributed by atoms with Gasteiger partial charge < -0.3 is 0 Å². The normalized spacial score (nSPS) is 28.1. The second-order valence-corrected chi connectivity index (χ2v) is 10.4. The summed E-state index contributed by atoms with van der Waals surface area (Å²) in [6, 6.07) is 13.6. The van der Waals surface area contributed by atoms with Crippen LogP contribution in [0, 0.1) is 5.41 Å². The van der Waals surface area contributed by atoms with E-state index in [1.54, 1.807) is 22.3 Å². The Morgan fingerprint density at radius 3 is 1.56 bits per heavy atom. The number of benzene rings is 2. The van der Waals surface area contributed by atoms with Gasteiger partial charge in [-0.3, -0.25) is 0 Å². The van der Waals surface area contributed by atoms with Crippen LogP contribution in [0.2, 0.25) is 0 Å². The topological polar surface area (TPSA) is 0 Å². The van der Waals surface area contributed by atoms with Crippen molar-refractivity contribution in [1.29, 1.82) is 0 Å². The summed E-state index contributed by atoms with van der Waals surface area (Å²) in [7, 11) is 0. The minimum Gasteiger partial charge on any atom is -0.0608 e. The molecule has 0 spiro atoms. The van der Waals surface area contributed by atoms with Gasteiger partial charge >= 0.3 is 0 Å². The fourth-order valence-corrected chi connectivity index (χ4v) is 7.15. The molecule has 0 saturated carbocycles. The molecule has 2 aromatic rings. The number of fused-ring (bicyclic) bond motifs is 2. The summed E-state index contributed by atoms with van der Waals surface area (Å²) < 4.78 is 2.58. The van der Waals surface area contributed by atoms with Gasteiger partial charge in [0.15, 0.2) is 0 Å². The molecule has 0 N–H and O–H groups in total. The molecule has 0 aromatic heterocycles. The molecule has 4 unspecified atom stereocenters. The van der Waals surface area contributed by atoms with Crippen LogP contribution < -0.4 is 0 Å². The second-order valence-electron chi connectivity index (χ2n) is 8.69. The molecule has 4 rings (SSSR count). The first-order valence-electron chi connectivity index (χ1n) is 9.39. The van der Waals surface area contributed by atoms with Gasteiger partial charge in [-0.05, 0) is 76.3 Å². The van der Waals surface area contributed by atoms with Gasteiger partial charge in [-0.15, -0.1) is 0 Å². The minimum absolute atomic E-state index is 0.251. The highest BCUT2D eigenvalue weighted by atomic mass is 79.9. The molecular formula is C23H26Br2.